The van der Waals surface area contributed by atoms with Gasteiger partial charge in [0.15, 0.2) is 11.5 Å². The highest BCUT2D eigenvalue weighted by molar-refractivity contribution is 7.98. The number of carbonyl (C=O) groups is 3. The van der Waals surface area contributed by atoms with Gasteiger partial charge in [0.25, 0.3) is 0 Å². The van der Waals surface area contributed by atoms with Crippen LogP contribution >= 0.6 is 11.8 Å². The number of esters is 2. The average molecular weight is 442 g/mol. The van der Waals surface area contributed by atoms with Crippen molar-refractivity contribution >= 4 is 41.4 Å². The van der Waals surface area contributed by atoms with Crippen molar-refractivity contribution in [2.75, 3.05) is 31.9 Å². The first kappa shape index (κ1) is 22.4. The molecule has 0 spiro atoms. The fourth-order valence-corrected chi connectivity index (χ4v) is 3.58. The summed E-state index contributed by atoms with van der Waals surface area (Å²) in [4.78, 5) is 39.1. The summed E-state index contributed by atoms with van der Waals surface area (Å²) in [6.07, 6.45) is 4.92. The highest BCUT2D eigenvalue weighted by Gasteiger charge is 2.36. The SMILES string of the molecule is COC(=O)/C=C/c1ccc(OC(=O)C2CC(=O)N(c3ccc(SC)cc3)C2)c(OC)c1. The number of hydrogen-bond acceptors (Lipinski definition) is 7. The molecule has 1 aliphatic rings. The van der Waals surface area contributed by atoms with E-state index in [0.717, 1.165) is 10.6 Å². The Balaban J connectivity index is 1.69. The van der Waals surface area contributed by atoms with Crippen LogP contribution in [0.3, 0.4) is 0 Å². The van der Waals surface area contributed by atoms with Crippen LogP contribution in [0.2, 0.25) is 0 Å². The molecule has 31 heavy (non-hydrogen) atoms. The molecular weight excluding hydrogens is 418 g/mol. The van der Waals surface area contributed by atoms with Gasteiger partial charge in [0.1, 0.15) is 0 Å². The second kappa shape index (κ2) is 10.2. The largest absolute Gasteiger partial charge is 0.493 e. The van der Waals surface area contributed by atoms with E-state index in [0.29, 0.717) is 11.3 Å². The van der Waals surface area contributed by atoms with Crippen LogP contribution in [-0.4, -0.2) is 44.9 Å². The standard InChI is InChI=1S/C23H23NO6S/c1-28-20-12-15(5-11-22(26)29-2)4-10-19(20)30-23(27)16-13-21(25)24(14-16)17-6-8-18(31-3)9-7-17/h4-12,16H,13-14H2,1-3H3/b11-5+. The highest BCUT2D eigenvalue weighted by atomic mass is 32.2. The van der Waals surface area contributed by atoms with Gasteiger partial charge in [0.2, 0.25) is 5.91 Å². The van der Waals surface area contributed by atoms with Crippen molar-refractivity contribution in [3.63, 3.8) is 0 Å². The predicted octanol–water partition coefficient (Wildman–Crippen LogP) is 3.56. The molecule has 0 aliphatic carbocycles. The molecule has 0 aromatic heterocycles. The second-order valence-electron chi connectivity index (χ2n) is 6.79. The smallest absolute Gasteiger partial charge is 0.330 e. The topological polar surface area (TPSA) is 82.1 Å². The zero-order chi connectivity index (χ0) is 22.4. The van der Waals surface area contributed by atoms with Gasteiger partial charge < -0.3 is 19.1 Å². The number of methoxy groups -OCH3 is 2. The lowest BCUT2D eigenvalue weighted by Gasteiger charge is -2.17. The summed E-state index contributed by atoms with van der Waals surface area (Å²) in [6.45, 7) is 0.262. The Morgan fingerprint density at radius 2 is 1.84 bits per heavy atom. The summed E-state index contributed by atoms with van der Waals surface area (Å²) < 4.78 is 15.4. The summed E-state index contributed by atoms with van der Waals surface area (Å²) >= 11 is 1.62. The molecule has 2 aromatic carbocycles. The molecule has 8 heteroatoms. The van der Waals surface area contributed by atoms with Crippen molar-refractivity contribution in [2.24, 2.45) is 5.92 Å². The lowest BCUT2D eigenvalue weighted by molar-refractivity contribution is -0.139. The first-order valence-electron chi connectivity index (χ1n) is 9.55. The van der Waals surface area contributed by atoms with Crippen molar-refractivity contribution in [1.29, 1.82) is 0 Å². The van der Waals surface area contributed by atoms with Crippen LogP contribution in [0.25, 0.3) is 6.08 Å². The van der Waals surface area contributed by atoms with Gasteiger partial charge in [-0.05, 0) is 54.3 Å². The second-order valence-corrected chi connectivity index (χ2v) is 7.67. The van der Waals surface area contributed by atoms with Crippen LogP contribution in [0.15, 0.2) is 53.4 Å². The maximum Gasteiger partial charge on any atom is 0.330 e. The molecule has 0 N–H and O–H groups in total. The maximum atomic E-state index is 12.7. The van der Waals surface area contributed by atoms with Crippen LogP contribution in [-0.2, 0) is 19.1 Å². The molecule has 1 heterocycles. The molecule has 0 bridgehead atoms. The van der Waals surface area contributed by atoms with Crippen LogP contribution in [0.5, 0.6) is 11.5 Å². The van der Waals surface area contributed by atoms with E-state index >= 15 is 0 Å². The molecule has 1 fully saturated rings. The van der Waals surface area contributed by atoms with Gasteiger partial charge in [-0.1, -0.05) is 6.07 Å². The summed E-state index contributed by atoms with van der Waals surface area (Å²) in [5.74, 6) is -1.07. The zero-order valence-corrected chi connectivity index (χ0v) is 18.3. The third kappa shape index (κ3) is 5.46. The Morgan fingerprint density at radius 1 is 1.10 bits per heavy atom. The Bertz CT molecular complexity index is 1000. The van der Waals surface area contributed by atoms with Crippen LogP contribution in [0.1, 0.15) is 12.0 Å². The molecule has 1 amide bonds. The van der Waals surface area contributed by atoms with E-state index in [4.69, 9.17) is 9.47 Å². The fraction of sp³-hybridized carbons (Fsp3) is 0.261. The number of anilines is 1. The zero-order valence-electron chi connectivity index (χ0n) is 17.5. The Kier molecular flexibility index (Phi) is 7.36. The lowest BCUT2D eigenvalue weighted by Crippen LogP contribution is -2.27. The first-order chi connectivity index (χ1) is 14.9. The van der Waals surface area contributed by atoms with Gasteiger partial charge in [0.05, 0.1) is 20.1 Å². The number of amides is 1. The molecule has 7 nitrogen and oxygen atoms in total. The molecule has 1 saturated heterocycles. The molecule has 1 aliphatic heterocycles. The van der Waals surface area contributed by atoms with E-state index in [1.54, 1.807) is 40.9 Å². The van der Waals surface area contributed by atoms with E-state index in [9.17, 15) is 14.4 Å². The Morgan fingerprint density at radius 3 is 2.48 bits per heavy atom. The van der Waals surface area contributed by atoms with Gasteiger partial charge in [-0.25, -0.2) is 4.79 Å². The predicted molar refractivity (Wildman–Crippen MR) is 118 cm³/mol. The van der Waals surface area contributed by atoms with Crippen molar-refractivity contribution < 1.29 is 28.6 Å². The monoisotopic (exact) mass is 441 g/mol. The fourth-order valence-electron chi connectivity index (χ4n) is 3.17. The van der Waals surface area contributed by atoms with E-state index in [2.05, 4.69) is 4.74 Å². The summed E-state index contributed by atoms with van der Waals surface area (Å²) in [5.41, 5.74) is 1.44. The number of hydrogen-bond donors (Lipinski definition) is 0. The number of nitrogens with zero attached hydrogens (tertiary/aromatic N) is 1. The quantitative estimate of drug-likeness (QED) is 0.281. The van der Waals surface area contributed by atoms with Gasteiger partial charge in [0, 0.05) is 29.6 Å². The molecule has 3 rings (SSSR count). The first-order valence-corrected chi connectivity index (χ1v) is 10.8. The van der Waals surface area contributed by atoms with Gasteiger partial charge in [-0.15, -0.1) is 11.8 Å². The Labute approximate surface area is 185 Å². The average Bonchev–Trinajstić information content (AvgIpc) is 3.19. The minimum Gasteiger partial charge on any atom is -0.493 e. The maximum absolute atomic E-state index is 12.7. The molecule has 0 saturated carbocycles. The van der Waals surface area contributed by atoms with Crippen molar-refractivity contribution in [3.05, 3.63) is 54.1 Å². The minimum absolute atomic E-state index is 0.0887. The summed E-state index contributed by atoms with van der Waals surface area (Å²) in [7, 11) is 2.75. The molecule has 0 radical (unpaired) electrons. The minimum atomic E-state index is -0.573. The number of rotatable bonds is 7. The number of benzene rings is 2. The van der Waals surface area contributed by atoms with Gasteiger partial charge in [-0.2, -0.15) is 0 Å². The number of thioether (sulfide) groups is 1. The highest BCUT2D eigenvalue weighted by Crippen LogP contribution is 2.32. The molecule has 1 unspecified atom stereocenters. The molecule has 1 atom stereocenters. The molecular formula is C23H23NO6S. The van der Waals surface area contributed by atoms with E-state index in [1.165, 1.54) is 20.3 Å². The number of carbonyl (C=O) groups excluding carboxylic acids is 3. The van der Waals surface area contributed by atoms with Crippen LogP contribution < -0.4 is 14.4 Å². The third-order valence-corrected chi connectivity index (χ3v) is 5.60. The Hall–Kier alpha value is -3.26. The summed E-state index contributed by atoms with van der Waals surface area (Å²) in [5, 5.41) is 0. The van der Waals surface area contributed by atoms with Crippen molar-refractivity contribution in [1.82, 2.24) is 0 Å². The van der Waals surface area contributed by atoms with E-state index in [1.807, 2.05) is 30.5 Å². The normalized spacial score (nSPS) is 15.9. The molecule has 162 valence electrons. The van der Waals surface area contributed by atoms with Crippen molar-refractivity contribution in [3.8, 4) is 11.5 Å². The van der Waals surface area contributed by atoms with Crippen LogP contribution in [0, 0.1) is 5.92 Å². The number of ether oxygens (including phenoxy) is 3. The van der Waals surface area contributed by atoms with Crippen molar-refractivity contribution in [2.45, 2.75) is 11.3 Å². The van der Waals surface area contributed by atoms with E-state index < -0.39 is 17.9 Å². The lowest BCUT2D eigenvalue weighted by atomic mass is 10.1. The third-order valence-electron chi connectivity index (χ3n) is 4.85. The van der Waals surface area contributed by atoms with E-state index in [-0.39, 0.29) is 24.6 Å². The van der Waals surface area contributed by atoms with Gasteiger partial charge >= 0.3 is 11.9 Å². The van der Waals surface area contributed by atoms with Gasteiger partial charge in [-0.3, -0.25) is 9.59 Å². The van der Waals surface area contributed by atoms with Crippen LogP contribution in [0.4, 0.5) is 5.69 Å². The summed E-state index contributed by atoms with van der Waals surface area (Å²) in [6, 6.07) is 12.6. The molecule has 2 aromatic rings.